The molecule has 0 bridgehead atoms. The first-order valence-corrected chi connectivity index (χ1v) is 8.89. The van der Waals surface area contributed by atoms with E-state index in [0.29, 0.717) is 0 Å². The Morgan fingerprint density at radius 3 is 2.28 bits per heavy atom. The number of hydrogen-bond acceptors (Lipinski definition) is 3. The van der Waals surface area contributed by atoms with E-state index in [9.17, 15) is 0 Å². The third kappa shape index (κ3) is 3.09. The van der Waals surface area contributed by atoms with Gasteiger partial charge < -0.3 is 14.2 Å². The van der Waals surface area contributed by atoms with Crippen LogP contribution in [-0.4, -0.2) is 41.3 Å². The number of fused-ring (bicyclic) bond motifs is 2. The molecule has 3 rings (SSSR count). The molecule has 1 aliphatic heterocycles. The van der Waals surface area contributed by atoms with E-state index in [1.807, 2.05) is 0 Å². The summed E-state index contributed by atoms with van der Waals surface area (Å²) < 4.78 is 8.43. The van der Waals surface area contributed by atoms with Crippen LogP contribution in [0.2, 0.25) is 0 Å². The molecule has 1 aromatic carbocycles. The maximum atomic E-state index is 6.33. The lowest BCUT2D eigenvalue weighted by molar-refractivity contribution is 0.616. The van der Waals surface area contributed by atoms with Gasteiger partial charge in [-0.1, -0.05) is 0 Å². The molecule has 1 heterocycles. The molecule has 0 atom stereocenters. The first kappa shape index (κ1) is 17.3. The van der Waals surface area contributed by atoms with Crippen molar-refractivity contribution >= 4 is 22.3 Å². The first-order valence-electron chi connectivity index (χ1n) is 8.89. The molecule has 132 valence electrons. The molecule has 1 aromatic rings. The van der Waals surface area contributed by atoms with Crippen LogP contribution in [0.1, 0.15) is 13.8 Å². The lowest BCUT2D eigenvalue weighted by Crippen LogP contribution is -2.24. The highest BCUT2D eigenvalue weighted by molar-refractivity contribution is 6.00. The number of benzene rings is 2. The van der Waals surface area contributed by atoms with Crippen LogP contribution in [0.4, 0.5) is 11.4 Å². The predicted octanol–water partition coefficient (Wildman–Crippen LogP) is 3.48. The van der Waals surface area contributed by atoms with Gasteiger partial charge in [-0.3, -0.25) is 0 Å². The van der Waals surface area contributed by atoms with Crippen LogP contribution in [0.5, 0.6) is 0 Å². The SMILES string of the molecule is CCN(CC)c1c2ccc(=[N+](C)C)cc-2oc2cc(N(C)C)ccc12. The molecule has 0 fully saturated rings. The Morgan fingerprint density at radius 1 is 0.960 bits per heavy atom. The molecule has 0 saturated heterocycles. The summed E-state index contributed by atoms with van der Waals surface area (Å²) in [6.45, 7) is 6.34. The van der Waals surface area contributed by atoms with E-state index in [-0.39, 0.29) is 0 Å². The zero-order valence-corrected chi connectivity index (χ0v) is 16.1. The van der Waals surface area contributed by atoms with Gasteiger partial charge in [0.15, 0.2) is 0 Å². The van der Waals surface area contributed by atoms with Crippen molar-refractivity contribution in [1.29, 1.82) is 0 Å². The summed E-state index contributed by atoms with van der Waals surface area (Å²) in [5, 5.41) is 2.31. The Balaban J connectivity index is 2.43. The zero-order chi connectivity index (χ0) is 18.1. The van der Waals surface area contributed by atoms with Gasteiger partial charge in [-0.25, -0.2) is 4.58 Å². The van der Waals surface area contributed by atoms with E-state index >= 15 is 0 Å². The molecule has 0 spiro atoms. The molecule has 4 nitrogen and oxygen atoms in total. The summed E-state index contributed by atoms with van der Waals surface area (Å²) in [6, 6.07) is 12.9. The van der Waals surface area contributed by atoms with Crippen LogP contribution in [0.15, 0.2) is 40.8 Å². The molecule has 2 aliphatic rings. The summed E-state index contributed by atoms with van der Waals surface area (Å²) in [4.78, 5) is 4.51. The van der Waals surface area contributed by atoms with Gasteiger partial charge >= 0.3 is 0 Å². The average molecular weight is 338 g/mol. The maximum absolute atomic E-state index is 6.33. The smallest absolute Gasteiger partial charge is 0.203 e. The van der Waals surface area contributed by atoms with Crippen molar-refractivity contribution in [3.05, 3.63) is 41.8 Å². The van der Waals surface area contributed by atoms with E-state index in [1.54, 1.807) is 0 Å². The van der Waals surface area contributed by atoms with E-state index in [1.165, 1.54) is 16.6 Å². The third-order valence-electron chi connectivity index (χ3n) is 4.77. The Labute approximate surface area is 149 Å². The second kappa shape index (κ2) is 6.79. The molecule has 0 radical (unpaired) electrons. The number of nitrogens with zero attached hydrogens (tertiary/aromatic N) is 3. The topological polar surface area (TPSA) is 22.6 Å². The fraction of sp³-hybridized carbons (Fsp3) is 0.381. The highest BCUT2D eigenvalue weighted by atomic mass is 16.3. The fourth-order valence-electron chi connectivity index (χ4n) is 3.28. The second-order valence-electron chi connectivity index (χ2n) is 6.77. The van der Waals surface area contributed by atoms with Gasteiger partial charge in [0.2, 0.25) is 5.36 Å². The maximum Gasteiger partial charge on any atom is 0.203 e. The molecule has 0 saturated carbocycles. The first-order chi connectivity index (χ1) is 12.0. The van der Waals surface area contributed by atoms with Gasteiger partial charge in [-0.2, -0.15) is 0 Å². The second-order valence-corrected chi connectivity index (χ2v) is 6.77. The van der Waals surface area contributed by atoms with E-state index in [4.69, 9.17) is 4.42 Å². The minimum Gasteiger partial charge on any atom is -0.456 e. The average Bonchev–Trinajstić information content (AvgIpc) is 2.60. The van der Waals surface area contributed by atoms with Crippen LogP contribution < -0.4 is 19.7 Å². The highest BCUT2D eigenvalue weighted by Gasteiger charge is 2.20. The van der Waals surface area contributed by atoms with Crippen LogP contribution >= 0.6 is 0 Å². The minimum atomic E-state index is 0.927. The van der Waals surface area contributed by atoms with Crippen molar-refractivity contribution in [1.82, 2.24) is 4.58 Å². The normalized spacial score (nSPS) is 11.1. The summed E-state index contributed by atoms with van der Waals surface area (Å²) in [5.74, 6) is 0.927. The standard InChI is InChI=1S/C21H28N3O/c1-7-24(8-2)21-17-11-9-15(22(3)4)13-19(17)25-20-14-16(23(5)6)10-12-18(20)21/h9-14H,7-8H2,1-6H3/q+1. The van der Waals surface area contributed by atoms with Crippen molar-refractivity contribution in [3.8, 4) is 11.3 Å². The van der Waals surface area contributed by atoms with Gasteiger partial charge in [0.05, 0.1) is 11.8 Å². The molecule has 0 unspecified atom stereocenters. The third-order valence-corrected chi connectivity index (χ3v) is 4.77. The molecule has 0 aromatic heterocycles. The minimum absolute atomic E-state index is 0.927. The largest absolute Gasteiger partial charge is 0.456 e. The van der Waals surface area contributed by atoms with Crippen molar-refractivity contribution in [2.24, 2.45) is 0 Å². The monoisotopic (exact) mass is 338 g/mol. The number of anilines is 2. The van der Waals surface area contributed by atoms with E-state index in [2.05, 4.69) is 92.8 Å². The fourth-order valence-corrected chi connectivity index (χ4v) is 3.28. The van der Waals surface area contributed by atoms with Gasteiger partial charge in [0.1, 0.15) is 25.4 Å². The molecule has 4 heteroatoms. The molecular formula is C21H28N3O+. The lowest BCUT2D eigenvalue weighted by atomic mass is 10.0. The Kier molecular flexibility index (Phi) is 4.71. The summed E-state index contributed by atoms with van der Waals surface area (Å²) in [5.41, 5.74) is 4.50. The molecule has 0 N–H and O–H groups in total. The van der Waals surface area contributed by atoms with Crippen molar-refractivity contribution in [2.45, 2.75) is 13.8 Å². The zero-order valence-electron chi connectivity index (χ0n) is 16.1. The lowest BCUT2D eigenvalue weighted by Gasteiger charge is -2.26. The quantitative estimate of drug-likeness (QED) is 0.537. The van der Waals surface area contributed by atoms with Gasteiger partial charge in [0.25, 0.3) is 0 Å². The van der Waals surface area contributed by atoms with Crippen molar-refractivity contribution < 1.29 is 4.42 Å². The highest BCUT2D eigenvalue weighted by Crippen LogP contribution is 2.40. The summed E-state index contributed by atoms with van der Waals surface area (Å²) in [7, 11) is 8.21. The van der Waals surface area contributed by atoms with Gasteiger partial charge in [-0.05, 0) is 32.0 Å². The van der Waals surface area contributed by atoms with Crippen LogP contribution in [0, 0.1) is 0 Å². The molecule has 1 aliphatic carbocycles. The Morgan fingerprint density at radius 2 is 1.68 bits per heavy atom. The molecule has 0 amide bonds. The number of hydrogen-bond donors (Lipinski definition) is 0. The number of rotatable bonds is 4. The van der Waals surface area contributed by atoms with Crippen LogP contribution in [0.3, 0.4) is 0 Å². The predicted molar refractivity (Wildman–Crippen MR) is 108 cm³/mol. The Bertz CT molecular complexity index is 932. The van der Waals surface area contributed by atoms with E-state index < -0.39 is 0 Å². The van der Waals surface area contributed by atoms with Crippen LogP contribution in [0.25, 0.3) is 22.3 Å². The van der Waals surface area contributed by atoms with Crippen LogP contribution in [-0.2, 0) is 0 Å². The molecule has 25 heavy (non-hydrogen) atoms. The van der Waals surface area contributed by atoms with E-state index in [0.717, 1.165) is 35.5 Å². The summed E-state index contributed by atoms with van der Waals surface area (Å²) in [6.07, 6.45) is 0. The molecular weight excluding hydrogens is 310 g/mol. The van der Waals surface area contributed by atoms with Crippen molar-refractivity contribution in [3.63, 3.8) is 0 Å². The Hall–Kier alpha value is -2.49. The van der Waals surface area contributed by atoms with Gasteiger partial charge in [-0.15, -0.1) is 0 Å². The summed E-state index contributed by atoms with van der Waals surface area (Å²) >= 11 is 0. The van der Waals surface area contributed by atoms with Gasteiger partial charge in [0, 0.05) is 56.0 Å². The van der Waals surface area contributed by atoms with Crippen molar-refractivity contribution in [2.75, 3.05) is 51.1 Å².